The van der Waals surface area contributed by atoms with E-state index in [1.165, 1.54) is 0 Å². The van der Waals surface area contributed by atoms with Gasteiger partial charge in [0, 0.05) is 31.0 Å². The molecule has 1 aromatic rings. The van der Waals surface area contributed by atoms with Crippen molar-refractivity contribution in [3.05, 3.63) is 24.5 Å². The monoisotopic (exact) mass is 262 g/mol. The van der Waals surface area contributed by atoms with Gasteiger partial charge in [0.25, 0.3) is 0 Å². The van der Waals surface area contributed by atoms with Gasteiger partial charge in [-0.1, -0.05) is 0 Å². The maximum atomic E-state index is 11.8. The summed E-state index contributed by atoms with van der Waals surface area (Å²) in [5.74, 6) is -0.0368. The van der Waals surface area contributed by atoms with Crippen molar-refractivity contribution in [2.75, 3.05) is 25.0 Å². The molecule has 102 valence electrons. The van der Waals surface area contributed by atoms with Crippen LogP contribution < -0.4 is 11.1 Å². The topological polar surface area (TPSA) is 88.3 Å². The molecule has 0 aromatic carbocycles. The van der Waals surface area contributed by atoms with Crippen LogP contribution in [-0.2, 0) is 9.59 Å². The van der Waals surface area contributed by atoms with Crippen LogP contribution in [0.25, 0.3) is 0 Å². The van der Waals surface area contributed by atoms with Crippen molar-refractivity contribution in [3.63, 3.8) is 0 Å². The van der Waals surface area contributed by atoms with Crippen LogP contribution in [0, 0.1) is 5.92 Å². The normalized spacial score (nSPS) is 19.3. The number of carbonyl (C=O) groups is 2. The highest BCUT2D eigenvalue weighted by Gasteiger charge is 2.25. The summed E-state index contributed by atoms with van der Waals surface area (Å²) in [5, 5.41) is 2.81. The van der Waals surface area contributed by atoms with E-state index >= 15 is 0 Å². The summed E-state index contributed by atoms with van der Waals surface area (Å²) in [6, 6.07) is 3.50. The molecule has 1 fully saturated rings. The molecule has 1 unspecified atom stereocenters. The minimum Gasteiger partial charge on any atom is -0.370 e. The van der Waals surface area contributed by atoms with E-state index in [9.17, 15) is 9.59 Å². The fourth-order valence-electron chi connectivity index (χ4n) is 2.35. The lowest BCUT2D eigenvalue weighted by molar-refractivity contribution is -0.118. The molecule has 1 aliphatic rings. The van der Waals surface area contributed by atoms with Crippen molar-refractivity contribution in [3.8, 4) is 0 Å². The van der Waals surface area contributed by atoms with Crippen LogP contribution in [0.1, 0.15) is 12.8 Å². The first kappa shape index (κ1) is 13.5. The Hall–Kier alpha value is -1.95. The zero-order valence-corrected chi connectivity index (χ0v) is 10.7. The summed E-state index contributed by atoms with van der Waals surface area (Å²) in [7, 11) is 0. The Kier molecular flexibility index (Phi) is 4.46. The van der Waals surface area contributed by atoms with Crippen molar-refractivity contribution >= 4 is 17.5 Å². The lowest BCUT2D eigenvalue weighted by Gasteiger charge is -2.15. The maximum absolute atomic E-state index is 11.8. The zero-order chi connectivity index (χ0) is 13.7. The Morgan fingerprint density at radius 2 is 2.16 bits per heavy atom. The van der Waals surface area contributed by atoms with E-state index in [0.717, 1.165) is 25.2 Å². The summed E-state index contributed by atoms with van der Waals surface area (Å²) >= 11 is 0. The molecule has 6 heteroatoms. The van der Waals surface area contributed by atoms with Crippen LogP contribution in [0.4, 0.5) is 5.69 Å². The maximum Gasteiger partial charge on any atom is 0.238 e. The lowest BCUT2D eigenvalue weighted by atomic mass is 10.1. The molecular weight excluding hydrogens is 244 g/mol. The third-order valence-electron chi connectivity index (χ3n) is 3.19. The number of primary amides is 1. The van der Waals surface area contributed by atoms with E-state index in [2.05, 4.69) is 10.3 Å². The second-order valence-electron chi connectivity index (χ2n) is 4.84. The zero-order valence-electron chi connectivity index (χ0n) is 10.7. The van der Waals surface area contributed by atoms with Gasteiger partial charge in [-0.3, -0.25) is 19.5 Å². The third-order valence-corrected chi connectivity index (χ3v) is 3.19. The van der Waals surface area contributed by atoms with Crippen molar-refractivity contribution in [1.82, 2.24) is 9.88 Å². The van der Waals surface area contributed by atoms with Gasteiger partial charge in [0.2, 0.25) is 11.8 Å². The van der Waals surface area contributed by atoms with E-state index < -0.39 is 0 Å². The lowest BCUT2D eigenvalue weighted by Crippen LogP contribution is -2.32. The predicted octanol–water partition coefficient (Wildman–Crippen LogP) is 0.217. The van der Waals surface area contributed by atoms with Crippen LogP contribution >= 0.6 is 0 Å². The van der Waals surface area contributed by atoms with Crippen molar-refractivity contribution in [2.24, 2.45) is 11.7 Å². The Labute approximate surface area is 112 Å². The molecule has 6 nitrogen and oxygen atoms in total. The second-order valence-corrected chi connectivity index (χ2v) is 4.84. The van der Waals surface area contributed by atoms with Crippen LogP contribution in [0.2, 0.25) is 0 Å². The standard InChI is InChI=1S/C13H18N4O2/c14-12(18)7-10-3-6-17(8-10)9-13(19)16-11-1-4-15-5-2-11/h1-2,4-5,10H,3,6-9H2,(H2,14,18)(H,15,16,19). The molecule has 1 aliphatic heterocycles. The van der Waals surface area contributed by atoms with Gasteiger partial charge in [-0.25, -0.2) is 0 Å². The van der Waals surface area contributed by atoms with E-state index in [1.807, 2.05) is 4.90 Å². The van der Waals surface area contributed by atoms with Gasteiger partial charge in [0.1, 0.15) is 0 Å². The average Bonchev–Trinajstić information content (AvgIpc) is 2.76. The van der Waals surface area contributed by atoms with Gasteiger partial charge in [0.15, 0.2) is 0 Å². The SMILES string of the molecule is NC(=O)CC1CCN(CC(=O)Nc2ccncc2)C1. The van der Waals surface area contributed by atoms with E-state index in [4.69, 9.17) is 5.73 Å². The highest BCUT2D eigenvalue weighted by molar-refractivity contribution is 5.92. The highest BCUT2D eigenvalue weighted by Crippen LogP contribution is 2.18. The number of nitrogens with one attached hydrogen (secondary N) is 1. The molecule has 2 rings (SSSR count). The summed E-state index contributed by atoms with van der Waals surface area (Å²) < 4.78 is 0. The van der Waals surface area contributed by atoms with Gasteiger partial charge in [0.05, 0.1) is 6.54 Å². The Morgan fingerprint density at radius 1 is 1.42 bits per heavy atom. The van der Waals surface area contributed by atoms with Crippen LogP contribution in [0.15, 0.2) is 24.5 Å². The number of rotatable bonds is 5. The van der Waals surface area contributed by atoms with Gasteiger partial charge >= 0.3 is 0 Å². The van der Waals surface area contributed by atoms with Crippen molar-refractivity contribution < 1.29 is 9.59 Å². The van der Waals surface area contributed by atoms with Crippen LogP contribution in [0.3, 0.4) is 0 Å². The first-order chi connectivity index (χ1) is 9.13. The minimum absolute atomic E-state index is 0.0501. The number of pyridine rings is 1. The number of amides is 2. The summed E-state index contributed by atoms with van der Waals surface area (Å²) in [6.07, 6.45) is 4.59. The molecule has 0 saturated carbocycles. The number of likely N-dealkylation sites (tertiary alicyclic amines) is 1. The predicted molar refractivity (Wildman–Crippen MR) is 71.2 cm³/mol. The summed E-state index contributed by atoms with van der Waals surface area (Å²) in [6.45, 7) is 1.94. The smallest absolute Gasteiger partial charge is 0.238 e. The molecule has 19 heavy (non-hydrogen) atoms. The first-order valence-corrected chi connectivity index (χ1v) is 6.34. The molecule has 0 bridgehead atoms. The van der Waals surface area contributed by atoms with E-state index in [0.29, 0.717) is 13.0 Å². The van der Waals surface area contributed by atoms with E-state index in [1.54, 1.807) is 24.5 Å². The largest absolute Gasteiger partial charge is 0.370 e. The quantitative estimate of drug-likeness (QED) is 0.794. The van der Waals surface area contributed by atoms with Crippen LogP contribution in [-0.4, -0.2) is 41.3 Å². The fourth-order valence-corrected chi connectivity index (χ4v) is 2.35. The molecule has 0 spiro atoms. The van der Waals surface area contributed by atoms with Gasteiger partial charge < -0.3 is 11.1 Å². The number of aromatic nitrogens is 1. The Bertz CT molecular complexity index is 449. The molecule has 2 heterocycles. The number of carbonyl (C=O) groups excluding carboxylic acids is 2. The molecule has 0 radical (unpaired) electrons. The summed E-state index contributed by atoms with van der Waals surface area (Å²) in [4.78, 5) is 28.6. The summed E-state index contributed by atoms with van der Waals surface area (Å²) in [5.41, 5.74) is 5.92. The number of hydrogen-bond acceptors (Lipinski definition) is 4. The first-order valence-electron chi connectivity index (χ1n) is 6.34. The molecule has 1 atom stereocenters. The van der Waals surface area contributed by atoms with Crippen molar-refractivity contribution in [2.45, 2.75) is 12.8 Å². The van der Waals surface area contributed by atoms with Gasteiger partial charge in [-0.2, -0.15) is 0 Å². The average molecular weight is 262 g/mol. The van der Waals surface area contributed by atoms with Gasteiger partial charge in [-0.15, -0.1) is 0 Å². The molecule has 1 saturated heterocycles. The second kappa shape index (κ2) is 6.29. The molecule has 2 amide bonds. The minimum atomic E-state index is -0.270. The fraction of sp³-hybridized carbons (Fsp3) is 0.462. The Balaban J connectivity index is 1.76. The van der Waals surface area contributed by atoms with Crippen molar-refractivity contribution in [1.29, 1.82) is 0 Å². The molecule has 0 aliphatic carbocycles. The highest BCUT2D eigenvalue weighted by atomic mass is 16.2. The van der Waals surface area contributed by atoms with E-state index in [-0.39, 0.29) is 17.7 Å². The molecular formula is C13H18N4O2. The Morgan fingerprint density at radius 3 is 2.84 bits per heavy atom. The third kappa shape index (κ3) is 4.33. The molecule has 1 aromatic heterocycles. The number of hydrogen-bond donors (Lipinski definition) is 2. The number of anilines is 1. The van der Waals surface area contributed by atoms with Gasteiger partial charge in [-0.05, 0) is 31.0 Å². The number of nitrogens with zero attached hydrogens (tertiary/aromatic N) is 2. The number of nitrogens with two attached hydrogens (primary N) is 1. The van der Waals surface area contributed by atoms with Crippen LogP contribution in [0.5, 0.6) is 0 Å². The molecule has 3 N–H and O–H groups in total.